The van der Waals surface area contributed by atoms with Crippen LogP contribution in [0.4, 0.5) is 0 Å². The molecule has 0 aliphatic carbocycles. The van der Waals surface area contributed by atoms with E-state index >= 15 is 0 Å². The van der Waals surface area contributed by atoms with Crippen molar-refractivity contribution in [2.75, 3.05) is 13.2 Å². The van der Waals surface area contributed by atoms with E-state index in [0.29, 0.717) is 36.1 Å². The number of benzene rings is 2. The largest absolute Gasteiger partial charge is 0.493 e. The second-order valence-corrected chi connectivity index (χ2v) is 7.32. The summed E-state index contributed by atoms with van der Waals surface area (Å²) in [6.07, 6.45) is 1.74. The Bertz CT molecular complexity index is 1110. The highest BCUT2D eigenvalue weighted by Gasteiger charge is 2.18. The molecule has 3 aromatic rings. The molecule has 3 rings (SSSR count). The molecule has 154 valence electrons. The molecule has 0 fully saturated rings. The van der Waals surface area contributed by atoms with Crippen LogP contribution >= 0.6 is 0 Å². The van der Waals surface area contributed by atoms with Gasteiger partial charge in [-0.25, -0.2) is 4.79 Å². The molecule has 0 unspecified atom stereocenters. The summed E-state index contributed by atoms with van der Waals surface area (Å²) >= 11 is 0. The summed E-state index contributed by atoms with van der Waals surface area (Å²) in [5.41, 5.74) is 2.91. The van der Waals surface area contributed by atoms with Crippen LogP contribution in [-0.2, 0) is 20.0 Å². The first-order chi connectivity index (χ1) is 14.0. The van der Waals surface area contributed by atoms with Gasteiger partial charge in [0.05, 0.1) is 17.5 Å². The minimum Gasteiger partial charge on any atom is -0.493 e. The number of aryl methyl sites for hydroxylation is 2. The average molecular weight is 396 g/mol. The molecule has 0 bridgehead atoms. The summed E-state index contributed by atoms with van der Waals surface area (Å²) in [6.45, 7) is 4.72. The molecule has 2 aromatic carbocycles. The molecule has 1 aromatic heterocycles. The Labute approximate surface area is 170 Å². The van der Waals surface area contributed by atoms with Gasteiger partial charge in [0.25, 0.3) is 5.56 Å². The molecular formula is C23H28N2O4. The third-order valence-electron chi connectivity index (χ3n) is 5.09. The fourth-order valence-corrected chi connectivity index (χ4v) is 3.50. The standard InChI is InChI=1S/C23H28N2O4/c1-4-14-29-20-11-10-19-21(18(20)15-17-8-6-16(2)7-9-17)22(27)25(12-5-13-26)23(28)24(19)3/h6-11,26H,4-5,12-15H2,1-3H3. The first-order valence-electron chi connectivity index (χ1n) is 10.0. The van der Waals surface area contributed by atoms with Crippen LogP contribution in [0, 0.1) is 6.92 Å². The number of hydrogen-bond acceptors (Lipinski definition) is 4. The second-order valence-electron chi connectivity index (χ2n) is 7.32. The zero-order valence-electron chi connectivity index (χ0n) is 17.3. The molecule has 0 aliphatic rings. The van der Waals surface area contributed by atoms with Gasteiger partial charge in [-0.15, -0.1) is 0 Å². The van der Waals surface area contributed by atoms with Gasteiger partial charge in [-0.05, 0) is 37.5 Å². The van der Waals surface area contributed by atoms with Crippen molar-refractivity contribution in [3.63, 3.8) is 0 Å². The quantitative estimate of drug-likeness (QED) is 0.635. The molecule has 1 N–H and O–H groups in total. The smallest absolute Gasteiger partial charge is 0.331 e. The van der Waals surface area contributed by atoms with Gasteiger partial charge in [0.1, 0.15) is 5.75 Å². The maximum atomic E-state index is 13.3. The van der Waals surface area contributed by atoms with Crippen LogP contribution in [-0.4, -0.2) is 27.5 Å². The third kappa shape index (κ3) is 4.27. The van der Waals surface area contributed by atoms with Gasteiger partial charge in [0, 0.05) is 32.2 Å². The molecule has 0 atom stereocenters. The summed E-state index contributed by atoms with van der Waals surface area (Å²) in [6, 6.07) is 11.8. The summed E-state index contributed by atoms with van der Waals surface area (Å²) in [4.78, 5) is 26.0. The van der Waals surface area contributed by atoms with E-state index in [1.165, 1.54) is 14.7 Å². The topological polar surface area (TPSA) is 73.5 Å². The fourth-order valence-electron chi connectivity index (χ4n) is 3.50. The number of aliphatic hydroxyl groups is 1. The Morgan fingerprint density at radius 3 is 2.45 bits per heavy atom. The van der Waals surface area contributed by atoms with Gasteiger partial charge >= 0.3 is 5.69 Å². The highest BCUT2D eigenvalue weighted by atomic mass is 16.5. The van der Waals surface area contributed by atoms with Crippen LogP contribution in [0.25, 0.3) is 10.9 Å². The van der Waals surface area contributed by atoms with E-state index in [1.54, 1.807) is 13.1 Å². The number of ether oxygens (including phenoxy) is 1. The Kier molecular flexibility index (Phi) is 6.54. The van der Waals surface area contributed by atoms with E-state index in [0.717, 1.165) is 17.5 Å². The van der Waals surface area contributed by atoms with Crippen molar-refractivity contribution in [1.82, 2.24) is 9.13 Å². The van der Waals surface area contributed by atoms with Gasteiger partial charge in [0.2, 0.25) is 0 Å². The molecule has 0 spiro atoms. The Balaban J connectivity index is 2.27. The summed E-state index contributed by atoms with van der Waals surface area (Å²) in [5.74, 6) is 0.671. The van der Waals surface area contributed by atoms with Crippen molar-refractivity contribution < 1.29 is 9.84 Å². The maximum Gasteiger partial charge on any atom is 0.331 e. The lowest BCUT2D eigenvalue weighted by Gasteiger charge is -2.17. The lowest BCUT2D eigenvalue weighted by atomic mass is 9.99. The van der Waals surface area contributed by atoms with E-state index in [2.05, 4.69) is 0 Å². The minimum absolute atomic E-state index is 0.0799. The lowest BCUT2D eigenvalue weighted by molar-refractivity contribution is 0.277. The van der Waals surface area contributed by atoms with Crippen molar-refractivity contribution in [2.45, 2.75) is 39.7 Å². The zero-order valence-corrected chi connectivity index (χ0v) is 17.3. The van der Waals surface area contributed by atoms with Crippen LogP contribution in [0.2, 0.25) is 0 Å². The molecule has 0 radical (unpaired) electrons. The number of nitrogens with zero attached hydrogens (tertiary/aromatic N) is 2. The van der Waals surface area contributed by atoms with Crippen molar-refractivity contribution in [2.24, 2.45) is 7.05 Å². The van der Waals surface area contributed by atoms with Crippen molar-refractivity contribution in [3.8, 4) is 5.75 Å². The molecule has 0 aliphatic heterocycles. The normalized spacial score (nSPS) is 11.2. The summed E-state index contributed by atoms with van der Waals surface area (Å²) in [5, 5.41) is 9.66. The molecule has 6 heteroatoms. The van der Waals surface area contributed by atoms with Crippen LogP contribution in [0.5, 0.6) is 5.75 Å². The van der Waals surface area contributed by atoms with Gasteiger partial charge in [-0.3, -0.25) is 13.9 Å². The Morgan fingerprint density at radius 1 is 1.07 bits per heavy atom. The lowest BCUT2D eigenvalue weighted by Crippen LogP contribution is -2.39. The summed E-state index contributed by atoms with van der Waals surface area (Å²) in [7, 11) is 1.67. The van der Waals surface area contributed by atoms with Gasteiger partial charge in [-0.2, -0.15) is 0 Å². The highest BCUT2D eigenvalue weighted by Crippen LogP contribution is 2.28. The minimum atomic E-state index is -0.375. The SMILES string of the molecule is CCCOc1ccc2c(c1Cc1ccc(C)cc1)c(=O)n(CCCO)c(=O)n2C. The predicted molar refractivity (Wildman–Crippen MR) is 115 cm³/mol. The highest BCUT2D eigenvalue weighted by molar-refractivity contribution is 5.84. The average Bonchev–Trinajstić information content (AvgIpc) is 2.72. The van der Waals surface area contributed by atoms with Crippen LogP contribution < -0.4 is 16.0 Å². The first-order valence-corrected chi connectivity index (χ1v) is 10.0. The predicted octanol–water partition coefficient (Wildman–Crippen LogP) is 2.77. The second kappa shape index (κ2) is 9.09. The van der Waals surface area contributed by atoms with E-state index in [1.807, 2.05) is 44.2 Å². The number of fused-ring (bicyclic) bond motifs is 1. The molecular weight excluding hydrogens is 368 g/mol. The first kappa shape index (κ1) is 20.9. The van der Waals surface area contributed by atoms with Gasteiger partial charge in [0.15, 0.2) is 0 Å². The number of aromatic nitrogens is 2. The molecule has 0 saturated carbocycles. The number of rotatable bonds is 8. The zero-order chi connectivity index (χ0) is 21.0. The molecule has 1 heterocycles. The van der Waals surface area contributed by atoms with Crippen molar-refractivity contribution in [3.05, 3.63) is 73.9 Å². The van der Waals surface area contributed by atoms with E-state index in [4.69, 9.17) is 9.84 Å². The van der Waals surface area contributed by atoms with Crippen LogP contribution in [0.1, 0.15) is 36.5 Å². The van der Waals surface area contributed by atoms with Gasteiger partial charge < -0.3 is 9.84 Å². The molecule has 6 nitrogen and oxygen atoms in total. The third-order valence-corrected chi connectivity index (χ3v) is 5.09. The van der Waals surface area contributed by atoms with E-state index < -0.39 is 0 Å². The van der Waals surface area contributed by atoms with Crippen LogP contribution in [0.15, 0.2) is 46.0 Å². The number of hydrogen-bond donors (Lipinski definition) is 1. The van der Waals surface area contributed by atoms with Crippen molar-refractivity contribution >= 4 is 10.9 Å². The fraction of sp³-hybridized carbons (Fsp3) is 0.391. The number of aliphatic hydroxyl groups excluding tert-OH is 1. The van der Waals surface area contributed by atoms with Crippen molar-refractivity contribution in [1.29, 1.82) is 0 Å². The molecule has 0 amide bonds. The Hall–Kier alpha value is -2.86. The molecule has 29 heavy (non-hydrogen) atoms. The molecule has 0 saturated heterocycles. The Morgan fingerprint density at radius 2 is 1.79 bits per heavy atom. The maximum absolute atomic E-state index is 13.3. The monoisotopic (exact) mass is 396 g/mol. The van der Waals surface area contributed by atoms with Crippen LogP contribution in [0.3, 0.4) is 0 Å². The van der Waals surface area contributed by atoms with E-state index in [9.17, 15) is 9.59 Å². The summed E-state index contributed by atoms with van der Waals surface area (Å²) < 4.78 is 8.67. The van der Waals surface area contributed by atoms with E-state index in [-0.39, 0.29) is 24.4 Å². The van der Waals surface area contributed by atoms with Gasteiger partial charge in [-0.1, -0.05) is 36.8 Å².